The molecule has 32 heavy (non-hydrogen) atoms. The molecule has 2 N–H and O–H groups in total. The smallest absolute Gasteiger partial charge is 0.161 e. The molecule has 186 valence electrons. The molecule has 0 amide bonds. The Labute approximate surface area is 197 Å². The number of aliphatic hydroxyl groups excluding tert-OH is 1. The van der Waals surface area contributed by atoms with Gasteiger partial charge in [-0.2, -0.15) is 0 Å². The van der Waals surface area contributed by atoms with E-state index in [1.54, 1.807) is 14.2 Å². The Bertz CT molecular complexity index is 593. The van der Waals surface area contributed by atoms with Gasteiger partial charge in [0, 0.05) is 32.2 Å². The first-order valence-electron chi connectivity index (χ1n) is 12.6. The van der Waals surface area contributed by atoms with Crippen LogP contribution in [-0.4, -0.2) is 50.7 Å². The zero-order chi connectivity index (χ0) is 23.8. The zero-order valence-corrected chi connectivity index (χ0v) is 21.5. The fraction of sp³-hybridized carbons (Fsp3) is 0.778. The third-order valence-electron chi connectivity index (χ3n) is 5.92. The van der Waals surface area contributed by atoms with Gasteiger partial charge in [-0.15, -0.1) is 0 Å². The lowest BCUT2D eigenvalue weighted by Gasteiger charge is -2.28. The molecule has 0 aliphatic carbocycles. The zero-order valence-electron chi connectivity index (χ0n) is 21.5. The molecule has 0 saturated heterocycles. The molecule has 0 heterocycles. The Kier molecular flexibility index (Phi) is 15.5. The van der Waals surface area contributed by atoms with Crippen LogP contribution in [0.4, 0.5) is 0 Å². The number of nitrogens with one attached hydrogen (secondary N) is 1. The number of benzene rings is 1. The molecule has 5 heteroatoms. The predicted octanol–water partition coefficient (Wildman–Crippen LogP) is 5.77. The van der Waals surface area contributed by atoms with Crippen LogP contribution in [0.1, 0.15) is 84.6 Å². The average Bonchev–Trinajstić information content (AvgIpc) is 2.76. The van der Waals surface area contributed by atoms with Gasteiger partial charge in [0.05, 0.1) is 19.8 Å². The second-order valence-electron chi connectivity index (χ2n) is 9.45. The molecule has 1 rings (SSSR count). The van der Waals surface area contributed by atoms with E-state index in [9.17, 15) is 5.11 Å². The average molecular weight is 452 g/mol. The quantitative estimate of drug-likeness (QED) is 0.262. The Morgan fingerprint density at radius 2 is 1.69 bits per heavy atom. The third kappa shape index (κ3) is 12.1. The van der Waals surface area contributed by atoms with E-state index in [0.717, 1.165) is 55.6 Å². The highest BCUT2D eigenvalue weighted by Gasteiger charge is 2.22. The van der Waals surface area contributed by atoms with Crippen LogP contribution >= 0.6 is 0 Å². The molecule has 1 aromatic rings. The van der Waals surface area contributed by atoms with Gasteiger partial charge >= 0.3 is 0 Å². The lowest BCUT2D eigenvalue weighted by molar-refractivity contribution is 0.107. The van der Waals surface area contributed by atoms with E-state index < -0.39 is 0 Å². The molecule has 0 bridgehead atoms. The lowest BCUT2D eigenvalue weighted by Crippen LogP contribution is -2.46. The predicted molar refractivity (Wildman–Crippen MR) is 134 cm³/mol. The molecule has 0 aliphatic rings. The monoisotopic (exact) mass is 451 g/mol. The maximum Gasteiger partial charge on any atom is 0.161 e. The first kappa shape index (κ1) is 28.7. The summed E-state index contributed by atoms with van der Waals surface area (Å²) in [5.41, 5.74) is 1.15. The SMILES string of the molecule is CCCCC[C@@H](C)N[C@@H](Cc1ccc(OC)c(OCCCOC)c1)[C@@H](O)CCCC(C)C. The normalized spacial score (nSPS) is 14.4. The highest BCUT2D eigenvalue weighted by Crippen LogP contribution is 2.29. The summed E-state index contributed by atoms with van der Waals surface area (Å²) in [6.45, 7) is 10.2. The molecule has 0 radical (unpaired) electrons. The maximum atomic E-state index is 11.0. The van der Waals surface area contributed by atoms with Crippen molar-refractivity contribution in [1.29, 1.82) is 0 Å². The number of methoxy groups -OCH3 is 2. The summed E-state index contributed by atoms with van der Waals surface area (Å²) in [7, 11) is 3.36. The highest BCUT2D eigenvalue weighted by atomic mass is 16.5. The molecule has 0 spiro atoms. The summed E-state index contributed by atoms with van der Waals surface area (Å²) in [4.78, 5) is 0. The van der Waals surface area contributed by atoms with E-state index >= 15 is 0 Å². The van der Waals surface area contributed by atoms with Crippen molar-refractivity contribution in [2.75, 3.05) is 27.4 Å². The molecule has 3 atom stereocenters. The van der Waals surface area contributed by atoms with Gasteiger partial charge in [-0.05, 0) is 49.8 Å². The number of unbranched alkanes of at least 4 members (excludes halogenated alkanes) is 2. The molecule has 0 saturated carbocycles. The van der Waals surface area contributed by atoms with Crippen LogP contribution in [0.15, 0.2) is 18.2 Å². The summed E-state index contributed by atoms with van der Waals surface area (Å²) >= 11 is 0. The van der Waals surface area contributed by atoms with Gasteiger partial charge in [0.2, 0.25) is 0 Å². The van der Waals surface area contributed by atoms with Crippen LogP contribution in [0.25, 0.3) is 0 Å². The molecule has 0 fully saturated rings. The summed E-state index contributed by atoms with van der Waals surface area (Å²) in [5, 5.41) is 14.8. The summed E-state index contributed by atoms with van der Waals surface area (Å²) in [6.07, 6.45) is 9.11. The molecular weight excluding hydrogens is 402 g/mol. The topological polar surface area (TPSA) is 60.0 Å². The van der Waals surface area contributed by atoms with E-state index in [0.29, 0.717) is 25.2 Å². The number of hydrogen-bond acceptors (Lipinski definition) is 5. The van der Waals surface area contributed by atoms with Crippen LogP contribution in [0, 0.1) is 5.92 Å². The number of aliphatic hydroxyl groups is 1. The number of ether oxygens (including phenoxy) is 3. The second kappa shape index (κ2) is 17.2. The van der Waals surface area contributed by atoms with Crippen molar-refractivity contribution in [2.45, 2.75) is 104 Å². The van der Waals surface area contributed by atoms with Gasteiger partial charge in [-0.3, -0.25) is 0 Å². The van der Waals surface area contributed by atoms with Gasteiger partial charge in [0.25, 0.3) is 0 Å². The van der Waals surface area contributed by atoms with E-state index in [-0.39, 0.29) is 12.1 Å². The number of rotatable bonds is 19. The van der Waals surface area contributed by atoms with E-state index in [2.05, 4.69) is 45.1 Å². The molecule has 0 aliphatic heterocycles. The van der Waals surface area contributed by atoms with Crippen molar-refractivity contribution in [1.82, 2.24) is 5.32 Å². The Balaban J connectivity index is 2.85. The van der Waals surface area contributed by atoms with Crippen molar-refractivity contribution >= 4 is 0 Å². The van der Waals surface area contributed by atoms with Crippen molar-refractivity contribution in [3.8, 4) is 11.5 Å². The van der Waals surface area contributed by atoms with Gasteiger partial charge in [0.1, 0.15) is 0 Å². The molecular formula is C27H49NO4. The van der Waals surface area contributed by atoms with Gasteiger partial charge in [-0.25, -0.2) is 0 Å². The third-order valence-corrected chi connectivity index (χ3v) is 5.92. The number of hydrogen-bond donors (Lipinski definition) is 2. The van der Waals surface area contributed by atoms with Crippen LogP contribution in [0.2, 0.25) is 0 Å². The van der Waals surface area contributed by atoms with Crippen molar-refractivity contribution in [2.24, 2.45) is 5.92 Å². The summed E-state index contributed by atoms with van der Waals surface area (Å²) in [5.74, 6) is 2.16. The fourth-order valence-electron chi connectivity index (χ4n) is 3.99. The maximum absolute atomic E-state index is 11.0. The minimum atomic E-state index is -0.365. The minimum Gasteiger partial charge on any atom is -0.493 e. The summed E-state index contributed by atoms with van der Waals surface area (Å²) in [6, 6.07) is 6.51. The first-order chi connectivity index (χ1) is 15.4. The molecule has 0 unspecified atom stereocenters. The molecule has 0 aromatic heterocycles. The summed E-state index contributed by atoms with van der Waals surface area (Å²) < 4.78 is 16.6. The second-order valence-corrected chi connectivity index (χ2v) is 9.45. The fourth-order valence-corrected chi connectivity index (χ4v) is 3.99. The van der Waals surface area contributed by atoms with Crippen LogP contribution < -0.4 is 14.8 Å². The Morgan fingerprint density at radius 3 is 2.34 bits per heavy atom. The van der Waals surface area contributed by atoms with E-state index in [1.807, 2.05) is 6.07 Å². The Morgan fingerprint density at radius 1 is 0.906 bits per heavy atom. The van der Waals surface area contributed by atoms with E-state index in [1.165, 1.54) is 19.3 Å². The van der Waals surface area contributed by atoms with E-state index in [4.69, 9.17) is 14.2 Å². The molecule has 5 nitrogen and oxygen atoms in total. The van der Waals surface area contributed by atoms with Crippen LogP contribution in [-0.2, 0) is 11.2 Å². The van der Waals surface area contributed by atoms with Crippen LogP contribution in [0.3, 0.4) is 0 Å². The Hall–Kier alpha value is -1.30. The van der Waals surface area contributed by atoms with Gasteiger partial charge < -0.3 is 24.6 Å². The van der Waals surface area contributed by atoms with Crippen molar-refractivity contribution in [3.05, 3.63) is 23.8 Å². The van der Waals surface area contributed by atoms with Crippen molar-refractivity contribution in [3.63, 3.8) is 0 Å². The molecule has 1 aromatic carbocycles. The minimum absolute atomic E-state index is 0.0218. The van der Waals surface area contributed by atoms with Crippen molar-refractivity contribution < 1.29 is 19.3 Å². The van der Waals surface area contributed by atoms with Gasteiger partial charge in [0.15, 0.2) is 11.5 Å². The lowest BCUT2D eigenvalue weighted by atomic mass is 9.94. The highest BCUT2D eigenvalue weighted by molar-refractivity contribution is 5.43. The van der Waals surface area contributed by atoms with Gasteiger partial charge in [-0.1, -0.05) is 58.9 Å². The standard InChI is InChI=1S/C27H49NO4/c1-7-8-9-13-22(4)28-24(25(29)14-10-12-21(2)3)19-23-15-16-26(31-6)27(20-23)32-18-11-17-30-5/h15-16,20-22,24-25,28-29H,7-14,17-19H2,1-6H3/t22-,24+,25+/m1/s1. The van der Waals surface area contributed by atoms with Crippen LogP contribution in [0.5, 0.6) is 11.5 Å². The first-order valence-corrected chi connectivity index (χ1v) is 12.6. The largest absolute Gasteiger partial charge is 0.493 e.